The number of benzene rings is 2. The van der Waals surface area contributed by atoms with Gasteiger partial charge in [0.05, 0.1) is 17.6 Å². The normalized spacial score (nSPS) is 14.3. The first kappa shape index (κ1) is 20.1. The summed E-state index contributed by atoms with van der Waals surface area (Å²) in [6.45, 7) is 3.62. The van der Waals surface area contributed by atoms with Gasteiger partial charge in [0.25, 0.3) is 0 Å². The number of amides is 1. The first-order valence-electron chi connectivity index (χ1n) is 10.4. The summed E-state index contributed by atoms with van der Waals surface area (Å²) in [5, 5.41) is 2.87. The van der Waals surface area contributed by atoms with Gasteiger partial charge in [0.2, 0.25) is 5.91 Å². The van der Waals surface area contributed by atoms with E-state index < -0.39 is 11.1 Å². The Labute approximate surface area is 174 Å². The van der Waals surface area contributed by atoms with Crippen LogP contribution in [0.2, 0.25) is 0 Å². The number of aromatic nitrogens is 2. The fourth-order valence-corrected chi connectivity index (χ4v) is 4.01. The van der Waals surface area contributed by atoms with Crippen molar-refractivity contribution in [3.63, 3.8) is 0 Å². The highest BCUT2D eigenvalue weighted by molar-refractivity contribution is 5.80. The number of carbonyl (C=O) groups excluding carboxylic acids is 1. The van der Waals surface area contributed by atoms with Crippen molar-refractivity contribution in [3.05, 3.63) is 80.9 Å². The van der Waals surface area contributed by atoms with Gasteiger partial charge in [0.1, 0.15) is 6.54 Å². The van der Waals surface area contributed by atoms with Crippen LogP contribution in [0.1, 0.15) is 18.4 Å². The molecular weight excluding hydrogens is 380 g/mol. The lowest BCUT2D eigenvalue weighted by Gasteiger charge is -2.16. The second-order valence-corrected chi connectivity index (χ2v) is 7.66. The lowest BCUT2D eigenvalue weighted by atomic mass is 10.2. The van der Waals surface area contributed by atoms with E-state index in [-0.39, 0.29) is 12.5 Å². The molecule has 0 saturated carbocycles. The van der Waals surface area contributed by atoms with E-state index in [1.807, 2.05) is 36.4 Å². The molecule has 1 aliphatic rings. The van der Waals surface area contributed by atoms with Crippen LogP contribution in [0.3, 0.4) is 0 Å². The minimum Gasteiger partial charge on any atom is -0.353 e. The van der Waals surface area contributed by atoms with Gasteiger partial charge in [0, 0.05) is 13.1 Å². The molecule has 2 aromatic carbocycles. The number of hydrogen-bond donors (Lipinski definition) is 1. The first-order valence-corrected chi connectivity index (χ1v) is 10.4. The van der Waals surface area contributed by atoms with Gasteiger partial charge < -0.3 is 10.2 Å². The summed E-state index contributed by atoms with van der Waals surface area (Å²) in [5.74, 6) is -0.262. The zero-order chi connectivity index (χ0) is 20.9. The average Bonchev–Trinajstić information content (AvgIpc) is 3.28. The van der Waals surface area contributed by atoms with Crippen molar-refractivity contribution in [2.24, 2.45) is 0 Å². The predicted octanol–water partition coefficient (Wildman–Crippen LogP) is 1.42. The fourth-order valence-electron chi connectivity index (χ4n) is 4.01. The van der Waals surface area contributed by atoms with Gasteiger partial charge in [-0.1, -0.05) is 42.5 Å². The molecule has 0 spiro atoms. The summed E-state index contributed by atoms with van der Waals surface area (Å²) >= 11 is 0. The predicted molar refractivity (Wildman–Crippen MR) is 117 cm³/mol. The summed E-state index contributed by atoms with van der Waals surface area (Å²) in [5.41, 5.74) is 0.840. The molecule has 7 nitrogen and oxygen atoms in total. The minimum absolute atomic E-state index is 0.166. The van der Waals surface area contributed by atoms with Crippen LogP contribution < -0.4 is 16.4 Å². The highest BCUT2D eigenvalue weighted by atomic mass is 16.2. The van der Waals surface area contributed by atoms with Gasteiger partial charge in [-0.15, -0.1) is 0 Å². The molecule has 3 aromatic rings. The standard InChI is InChI=1S/C23H26N4O3/c28-21(24-12-15-25-13-6-7-14-25)17-27-20-11-5-4-10-19(20)26(22(29)23(27)30)16-18-8-2-1-3-9-18/h1-5,8-11H,6-7,12-17H2,(H,24,28). The van der Waals surface area contributed by atoms with E-state index in [0.717, 1.165) is 25.2 Å². The number of likely N-dealkylation sites (tertiary alicyclic amines) is 1. The van der Waals surface area contributed by atoms with Crippen LogP contribution in [0.5, 0.6) is 0 Å². The largest absolute Gasteiger partial charge is 0.353 e. The van der Waals surface area contributed by atoms with E-state index in [9.17, 15) is 14.4 Å². The maximum Gasteiger partial charge on any atom is 0.317 e. The van der Waals surface area contributed by atoms with Gasteiger partial charge in [-0.05, 0) is 43.6 Å². The van der Waals surface area contributed by atoms with Crippen molar-refractivity contribution in [2.45, 2.75) is 25.9 Å². The Morgan fingerprint density at radius 2 is 1.43 bits per heavy atom. The third-order valence-electron chi connectivity index (χ3n) is 5.57. The Kier molecular flexibility index (Phi) is 6.09. The monoisotopic (exact) mass is 406 g/mol. The van der Waals surface area contributed by atoms with Crippen molar-refractivity contribution in [2.75, 3.05) is 26.2 Å². The molecule has 2 heterocycles. The third-order valence-corrected chi connectivity index (χ3v) is 5.57. The first-order chi connectivity index (χ1) is 14.6. The minimum atomic E-state index is -0.681. The lowest BCUT2D eigenvalue weighted by Crippen LogP contribution is -2.44. The summed E-state index contributed by atoms with van der Waals surface area (Å²) < 4.78 is 2.76. The molecule has 4 rings (SSSR count). The molecule has 1 N–H and O–H groups in total. The van der Waals surface area contributed by atoms with Crippen LogP contribution in [-0.4, -0.2) is 46.1 Å². The lowest BCUT2D eigenvalue weighted by molar-refractivity contribution is -0.121. The molecule has 1 fully saturated rings. The third kappa shape index (κ3) is 4.36. The van der Waals surface area contributed by atoms with E-state index in [0.29, 0.717) is 24.1 Å². The quantitative estimate of drug-likeness (QED) is 0.602. The molecule has 30 heavy (non-hydrogen) atoms. The Balaban J connectivity index is 1.58. The number of nitrogens with one attached hydrogen (secondary N) is 1. The van der Waals surface area contributed by atoms with Crippen molar-refractivity contribution >= 4 is 16.9 Å². The van der Waals surface area contributed by atoms with Crippen molar-refractivity contribution in [1.29, 1.82) is 0 Å². The molecule has 156 valence electrons. The van der Waals surface area contributed by atoms with Crippen LogP contribution in [0.4, 0.5) is 0 Å². The van der Waals surface area contributed by atoms with E-state index in [2.05, 4.69) is 10.2 Å². The van der Waals surface area contributed by atoms with E-state index in [4.69, 9.17) is 0 Å². The van der Waals surface area contributed by atoms with Crippen LogP contribution in [-0.2, 0) is 17.9 Å². The molecule has 7 heteroatoms. The van der Waals surface area contributed by atoms with Gasteiger partial charge in [-0.2, -0.15) is 0 Å². The Morgan fingerprint density at radius 1 is 0.833 bits per heavy atom. The van der Waals surface area contributed by atoms with Crippen molar-refractivity contribution < 1.29 is 4.79 Å². The number of carbonyl (C=O) groups is 1. The van der Waals surface area contributed by atoms with E-state index in [1.54, 1.807) is 18.2 Å². The summed E-state index contributed by atoms with van der Waals surface area (Å²) in [6.07, 6.45) is 2.41. The maximum atomic E-state index is 12.9. The zero-order valence-electron chi connectivity index (χ0n) is 16.9. The number of rotatable bonds is 7. The smallest absolute Gasteiger partial charge is 0.317 e. The number of fused-ring (bicyclic) bond motifs is 1. The molecule has 1 amide bonds. The number of nitrogens with zero attached hydrogens (tertiary/aromatic N) is 3. The molecule has 1 saturated heterocycles. The summed E-state index contributed by atoms with van der Waals surface area (Å²) in [4.78, 5) is 40.5. The Bertz CT molecular complexity index is 1140. The highest BCUT2D eigenvalue weighted by Crippen LogP contribution is 2.12. The zero-order valence-corrected chi connectivity index (χ0v) is 16.9. The van der Waals surface area contributed by atoms with Gasteiger partial charge >= 0.3 is 11.1 Å². The van der Waals surface area contributed by atoms with Crippen molar-refractivity contribution in [3.8, 4) is 0 Å². The number of para-hydroxylation sites is 2. The number of hydrogen-bond acceptors (Lipinski definition) is 4. The van der Waals surface area contributed by atoms with Crippen molar-refractivity contribution in [1.82, 2.24) is 19.4 Å². The van der Waals surface area contributed by atoms with Crippen LogP contribution in [0, 0.1) is 0 Å². The molecule has 0 bridgehead atoms. The molecule has 0 radical (unpaired) electrons. The van der Waals surface area contributed by atoms with Gasteiger partial charge in [-0.25, -0.2) is 0 Å². The molecule has 1 aliphatic heterocycles. The second kappa shape index (κ2) is 9.09. The molecular formula is C23H26N4O3. The van der Waals surface area contributed by atoms with Gasteiger partial charge in [0.15, 0.2) is 0 Å². The van der Waals surface area contributed by atoms with E-state index in [1.165, 1.54) is 22.0 Å². The average molecular weight is 406 g/mol. The highest BCUT2D eigenvalue weighted by Gasteiger charge is 2.16. The Morgan fingerprint density at radius 3 is 2.13 bits per heavy atom. The van der Waals surface area contributed by atoms with E-state index >= 15 is 0 Å². The second-order valence-electron chi connectivity index (χ2n) is 7.66. The van der Waals surface area contributed by atoms with Crippen LogP contribution in [0.25, 0.3) is 11.0 Å². The fraction of sp³-hybridized carbons (Fsp3) is 0.348. The summed E-state index contributed by atoms with van der Waals surface area (Å²) in [7, 11) is 0. The molecule has 1 aromatic heterocycles. The Hall–Kier alpha value is -3.19. The SMILES string of the molecule is O=C(Cn1c(=O)c(=O)n(Cc2ccccc2)c2ccccc21)NCCN1CCCC1. The summed E-state index contributed by atoms with van der Waals surface area (Å²) in [6, 6.07) is 16.8. The maximum absolute atomic E-state index is 12.9. The topological polar surface area (TPSA) is 76.3 Å². The van der Waals surface area contributed by atoms with Gasteiger partial charge in [-0.3, -0.25) is 23.5 Å². The van der Waals surface area contributed by atoms with Crippen LogP contribution in [0.15, 0.2) is 64.2 Å². The van der Waals surface area contributed by atoms with Crippen LogP contribution >= 0.6 is 0 Å². The molecule has 0 aliphatic carbocycles. The molecule has 0 unspecified atom stereocenters. The molecule has 0 atom stereocenters.